The van der Waals surface area contributed by atoms with Crippen LogP contribution in [0.5, 0.6) is 0 Å². The van der Waals surface area contributed by atoms with E-state index in [1.165, 1.54) is 32.1 Å². The number of esters is 1. The molecule has 3 aliphatic rings. The SMILES string of the molecule is CCOC(=O)[C@@H](CN)[C@]1(N2CCCCC2)C[C@@H]2CC[C@@]1(C)C2(C)C. The molecule has 2 saturated carbocycles. The molecule has 2 N–H and O–H groups in total. The van der Waals surface area contributed by atoms with Crippen LogP contribution >= 0.6 is 0 Å². The number of likely N-dealkylation sites (tertiary alicyclic amines) is 1. The Hall–Kier alpha value is -0.610. The van der Waals surface area contributed by atoms with Crippen LogP contribution in [-0.2, 0) is 9.53 Å². The molecule has 0 spiro atoms. The first-order chi connectivity index (χ1) is 11.3. The lowest BCUT2D eigenvalue weighted by molar-refractivity contribution is -0.164. The maximum Gasteiger partial charge on any atom is 0.312 e. The minimum Gasteiger partial charge on any atom is -0.466 e. The average Bonchev–Trinajstić information content (AvgIpc) is 2.89. The molecule has 1 aliphatic heterocycles. The van der Waals surface area contributed by atoms with Gasteiger partial charge in [0.05, 0.1) is 12.5 Å². The van der Waals surface area contributed by atoms with Crippen LogP contribution in [0.15, 0.2) is 0 Å². The van der Waals surface area contributed by atoms with Crippen LogP contribution in [0.3, 0.4) is 0 Å². The van der Waals surface area contributed by atoms with Crippen LogP contribution in [0.4, 0.5) is 0 Å². The Morgan fingerprint density at radius 3 is 2.38 bits per heavy atom. The van der Waals surface area contributed by atoms with Crippen molar-refractivity contribution in [2.24, 2.45) is 28.4 Å². The Morgan fingerprint density at radius 1 is 1.25 bits per heavy atom. The van der Waals surface area contributed by atoms with Crippen molar-refractivity contribution in [1.29, 1.82) is 0 Å². The van der Waals surface area contributed by atoms with Crippen LogP contribution in [0.2, 0.25) is 0 Å². The normalized spacial score (nSPS) is 39.8. The fourth-order valence-corrected chi connectivity index (χ4v) is 6.58. The lowest BCUT2D eigenvalue weighted by Gasteiger charge is -2.58. The summed E-state index contributed by atoms with van der Waals surface area (Å²) in [6, 6.07) is 0. The number of carbonyl (C=O) groups is 1. The average molecular weight is 337 g/mol. The summed E-state index contributed by atoms with van der Waals surface area (Å²) in [7, 11) is 0. The predicted octanol–water partition coefficient (Wildman–Crippen LogP) is 3.20. The standard InChI is InChI=1S/C20H36N2O2/c1-5-24-17(23)16(14-21)20(22-11-7-6-8-12-22)13-15-9-10-19(20,4)18(15,2)3/h15-16H,5-14,21H2,1-4H3/t15-,16+,19-,20+/m0/s1. The molecule has 4 heteroatoms. The smallest absolute Gasteiger partial charge is 0.312 e. The first kappa shape index (κ1) is 18.2. The molecule has 1 saturated heterocycles. The van der Waals surface area contributed by atoms with Gasteiger partial charge in [-0.2, -0.15) is 0 Å². The number of hydrogen-bond donors (Lipinski definition) is 1. The summed E-state index contributed by atoms with van der Waals surface area (Å²) in [6.45, 7) is 12.2. The van der Waals surface area contributed by atoms with E-state index in [1.54, 1.807) is 0 Å². The Labute approximate surface area is 147 Å². The molecular formula is C20H36N2O2. The number of nitrogens with zero attached hydrogens (tertiary/aromatic N) is 1. The zero-order chi connectivity index (χ0) is 17.6. The van der Waals surface area contributed by atoms with Crippen LogP contribution in [-0.4, -0.2) is 42.6 Å². The second-order valence-electron chi connectivity index (χ2n) is 9.01. The van der Waals surface area contributed by atoms with E-state index >= 15 is 0 Å². The molecule has 0 aromatic heterocycles. The van der Waals surface area contributed by atoms with Gasteiger partial charge in [0.1, 0.15) is 0 Å². The van der Waals surface area contributed by atoms with Crippen molar-refractivity contribution in [3.63, 3.8) is 0 Å². The van der Waals surface area contributed by atoms with E-state index in [1.807, 2.05) is 6.92 Å². The maximum atomic E-state index is 12.9. The molecule has 0 amide bonds. The fraction of sp³-hybridized carbons (Fsp3) is 0.950. The minimum absolute atomic E-state index is 0.0739. The molecule has 4 atom stereocenters. The van der Waals surface area contributed by atoms with Gasteiger partial charge in [-0.05, 0) is 68.9 Å². The molecule has 0 aromatic carbocycles. The number of carbonyl (C=O) groups excluding carboxylic acids is 1. The third kappa shape index (κ3) is 2.21. The van der Waals surface area contributed by atoms with Crippen molar-refractivity contribution in [2.45, 2.75) is 71.8 Å². The highest BCUT2D eigenvalue weighted by Crippen LogP contribution is 2.73. The molecule has 0 unspecified atom stereocenters. The number of piperidine rings is 1. The Morgan fingerprint density at radius 2 is 1.92 bits per heavy atom. The maximum absolute atomic E-state index is 12.9. The monoisotopic (exact) mass is 336 g/mol. The van der Waals surface area contributed by atoms with E-state index in [4.69, 9.17) is 10.5 Å². The van der Waals surface area contributed by atoms with Gasteiger partial charge in [-0.3, -0.25) is 9.69 Å². The second kappa shape index (κ2) is 6.28. The molecule has 4 nitrogen and oxygen atoms in total. The van der Waals surface area contributed by atoms with E-state index in [2.05, 4.69) is 25.7 Å². The molecule has 1 heterocycles. The highest BCUT2D eigenvalue weighted by molar-refractivity contribution is 5.75. The summed E-state index contributed by atoms with van der Waals surface area (Å²) in [6.07, 6.45) is 7.39. The second-order valence-corrected chi connectivity index (χ2v) is 9.01. The van der Waals surface area contributed by atoms with Gasteiger partial charge in [0.15, 0.2) is 0 Å². The van der Waals surface area contributed by atoms with Crippen molar-refractivity contribution < 1.29 is 9.53 Å². The van der Waals surface area contributed by atoms with E-state index in [9.17, 15) is 4.79 Å². The molecular weight excluding hydrogens is 300 g/mol. The summed E-state index contributed by atoms with van der Waals surface area (Å²) in [5.74, 6) is 0.410. The van der Waals surface area contributed by atoms with Crippen molar-refractivity contribution >= 4 is 5.97 Å². The van der Waals surface area contributed by atoms with Gasteiger partial charge in [-0.15, -0.1) is 0 Å². The Kier molecular flexibility index (Phi) is 4.76. The van der Waals surface area contributed by atoms with Crippen molar-refractivity contribution in [3.05, 3.63) is 0 Å². The largest absolute Gasteiger partial charge is 0.466 e. The minimum atomic E-state index is -0.204. The third-order valence-corrected chi connectivity index (χ3v) is 8.25. The summed E-state index contributed by atoms with van der Waals surface area (Å²) in [4.78, 5) is 15.6. The van der Waals surface area contributed by atoms with Crippen LogP contribution < -0.4 is 5.73 Å². The number of ether oxygens (including phenoxy) is 1. The van der Waals surface area contributed by atoms with Crippen molar-refractivity contribution in [2.75, 3.05) is 26.2 Å². The van der Waals surface area contributed by atoms with Crippen molar-refractivity contribution in [3.8, 4) is 0 Å². The number of fused-ring (bicyclic) bond motifs is 2. The predicted molar refractivity (Wildman–Crippen MR) is 96.6 cm³/mol. The Bertz CT molecular complexity index is 486. The summed E-state index contributed by atoms with van der Waals surface area (Å²) in [5, 5.41) is 0. The summed E-state index contributed by atoms with van der Waals surface area (Å²) in [5.41, 5.74) is 6.48. The van der Waals surface area contributed by atoms with Crippen molar-refractivity contribution in [1.82, 2.24) is 4.90 Å². The molecule has 24 heavy (non-hydrogen) atoms. The fourth-order valence-electron chi connectivity index (χ4n) is 6.58. The van der Waals surface area contributed by atoms with Gasteiger partial charge in [0, 0.05) is 12.1 Å². The topological polar surface area (TPSA) is 55.6 Å². The van der Waals surface area contributed by atoms with Gasteiger partial charge in [0.2, 0.25) is 0 Å². The zero-order valence-electron chi connectivity index (χ0n) is 16.1. The van der Waals surface area contributed by atoms with Gasteiger partial charge in [-0.1, -0.05) is 27.2 Å². The molecule has 0 radical (unpaired) electrons. The van der Waals surface area contributed by atoms with E-state index in [0.717, 1.165) is 19.5 Å². The zero-order valence-corrected chi connectivity index (χ0v) is 16.1. The van der Waals surface area contributed by atoms with Gasteiger partial charge < -0.3 is 10.5 Å². The first-order valence-corrected chi connectivity index (χ1v) is 9.97. The van der Waals surface area contributed by atoms with Gasteiger partial charge >= 0.3 is 5.97 Å². The Balaban J connectivity index is 2.07. The van der Waals surface area contributed by atoms with Crippen LogP contribution in [0.1, 0.15) is 66.2 Å². The van der Waals surface area contributed by atoms with E-state index in [-0.39, 0.29) is 28.3 Å². The summed E-state index contributed by atoms with van der Waals surface area (Å²) < 4.78 is 5.50. The van der Waals surface area contributed by atoms with Gasteiger partial charge in [-0.25, -0.2) is 0 Å². The summed E-state index contributed by atoms with van der Waals surface area (Å²) >= 11 is 0. The molecule has 3 fully saturated rings. The highest BCUT2D eigenvalue weighted by Gasteiger charge is 2.73. The molecule has 0 aromatic rings. The van der Waals surface area contributed by atoms with Gasteiger partial charge in [0.25, 0.3) is 0 Å². The molecule has 2 aliphatic carbocycles. The lowest BCUT2D eigenvalue weighted by atomic mass is 9.57. The number of hydrogen-bond acceptors (Lipinski definition) is 4. The van der Waals surface area contributed by atoms with Crippen LogP contribution in [0.25, 0.3) is 0 Å². The molecule has 138 valence electrons. The first-order valence-electron chi connectivity index (χ1n) is 9.97. The number of nitrogens with two attached hydrogens (primary N) is 1. The number of rotatable bonds is 5. The molecule has 2 bridgehead atoms. The van der Waals surface area contributed by atoms with E-state index in [0.29, 0.717) is 19.1 Å². The highest BCUT2D eigenvalue weighted by atomic mass is 16.5. The van der Waals surface area contributed by atoms with E-state index < -0.39 is 0 Å². The third-order valence-electron chi connectivity index (χ3n) is 8.25. The lowest BCUT2D eigenvalue weighted by Crippen LogP contribution is -2.67. The molecule has 3 rings (SSSR count). The van der Waals surface area contributed by atoms with Crippen LogP contribution in [0, 0.1) is 22.7 Å². The quantitative estimate of drug-likeness (QED) is 0.783.